The van der Waals surface area contributed by atoms with Crippen LogP contribution in [0.1, 0.15) is 37.6 Å². The fraction of sp³-hybridized carbons (Fsp3) is 0.385. The number of aldehydes is 1. The summed E-state index contributed by atoms with van der Waals surface area (Å²) >= 11 is 5.88. The van der Waals surface area contributed by atoms with Gasteiger partial charge in [-0.15, -0.1) is 0 Å². The monoisotopic (exact) mass is 531 g/mol. The summed E-state index contributed by atoms with van der Waals surface area (Å²) in [6.07, 6.45) is 0.932. The van der Waals surface area contributed by atoms with Crippen LogP contribution in [0, 0.1) is 11.2 Å². The van der Waals surface area contributed by atoms with Crippen LogP contribution in [0.15, 0.2) is 36.4 Å². The zero-order chi connectivity index (χ0) is 27.5. The number of benzene rings is 2. The second-order valence-corrected chi connectivity index (χ2v) is 10.7. The van der Waals surface area contributed by atoms with Crippen molar-refractivity contribution in [3.63, 3.8) is 0 Å². The summed E-state index contributed by atoms with van der Waals surface area (Å²) in [7, 11) is 0. The lowest BCUT2D eigenvalue weighted by molar-refractivity contribution is -0.136. The van der Waals surface area contributed by atoms with E-state index in [2.05, 4.69) is 0 Å². The third-order valence-corrected chi connectivity index (χ3v) is 6.21. The molecule has 0 aliphatic carbocycles. The number of hydrogen-bond donors (Lipinski definition) is 2. The Morgan fingerprint density at radius 2 is 1.86 bits per heavy atom. The number of halogens is 2. The van der Waals surface area contributed by atoms with E-state index >= 15 is 0 Å². The average molecular weight is 532 g/mol. The molecule has 1 aliphatic rings. The van der Waals surface area contributed by atoms with Crippen molar-refractivity contribution in [2.24, 2.45) is 17.0 Å². The van der Waals surface area contributed by atoms with E-state index in [1.54, 1.807) is 11.0 Å². The zero-order valence-electron chi connectivity index (χ0n) is 21.0. The van der Waals surface area contributed by atoms with Gasteiger partial charge in [0.15, 0.2) is 0 Å². The number of hydrogen-bond acceptors (Lipinski definition) is 6. The molecule has 1 unspecified atom stereocenters. The van der Waals surface area contributed by atoms with Crippen LogP contribution >= 0.6 is 11.6 Å². The van der Waals surface area contributed by atoms with Gasteiger partial charge in [0, 0.05) is 36.6 Å². The molecule has 1 aliphatic heterocycles. The predicted molar refractivity (Wildman–Crippen MR) is 139 cm³/mol. The fourth-order valence-electron chi connectivity index (χ4n) is 4.23. The zero-order valence-corrected chi connectivity index (χ0v) is 21.8. The summed E-state index contributed by atoms with van der Waals surface area (Å²) in [5, 5.41) is 1.24. The first kappa shape index (κ1) is 28.1. The van der Waals surface area contributed by atoms with Crippen LogP contribution in [0.3, 0.4) is 0 Å². The molecule has 37 heavy (non-hydrogen) atoms. The third kappa shape index (κ3) is 6.84. The molecule has 0 bridgehead atoms. The molecule has 4 N–H and O–H groups in total. The summed E-state index contributed by atoms with van der Waals surface area (Å²) in [5.74, 6) is 4.09. The molecular formula is C26H31ClFN5O4. The van der Waals surface area contributed by atoms with Crippen LogP contribution in [-0.4, -0.2) is 66.0 Å². The second-order valence-electron chi connectivity index (χ2n) is 10.2. The maximum atomic E-state index is 14.6. The van der Waals surface area contributed by atoms with Crippen molar-refractivity contribution in [3.8, 4) is 11.1 Å². The van der Waals surface area contributed by atoms with Crippen LogP contribution in [0.2, 0.25) is 5.02 Å². The number of hydrazine groups is 1. The number of rotatable bonds is 7. The number of piperazine rings is 1. The minimum Gasteiger partial charge on any atom is -0.368 e. The van der Waals surface area contributed by atoms with E-state index in [9.17, 15) is 23.6 Å². The number of nitrogens with zero attached hydrogens (tertiary/aromatic N) is 3. The first-order valence-electron chi connectivity index (χ1n) is 11.7. The molecule has 0 saturated carbocycles. The number of anilines is 1. The third-order valence-electron chi connectivity index (χ3n) is 5.98. The van der Waals surface area contributed by atoms with E-state index in [4.69, 9.17) is 23.2 Å². The van der Waals surface area contributed by atoms with E-state index in [-0.39, 0.29) is 59.3 Å². The number of nitrogens with two attached hydrogens (primary N) is 2. The van der Waals surface area contributed by atoms with Crippen molar-refractivity contribution in [1.82, 2.24) is 9.80 Å². The summed E-state index contributed by atoms with van der Waals surface area (Å²) in [6.45, 7) is 5.89. The molecule has 3 rings (SSSR count). The highest BCUT2D eigenvalue weighted by Gasteiger charge is 2.35. The van der Waals surface area contributed by atoms with Gasteiger partial charge in [0.1, 0.15) is 24.7 Å². The van der Waals surface area contributed by atoms with E-state index in [1.165, 1.54) is 29.2 Å². The van der Waals surface area contributed by atoms with Gasteiger partial charge in [-0.2, -0.15) is 0 Å². The van der Waals surface area contributed by atoms with Crippen LogP contribution < -0.4 is 16.6 Å². The highest BCUT2D eigenvalue weighted by atomic mass is 35.5. The van der Waals surface area contributed by atoms with E-state index in [0.29, 0.717) is 18.3 Å². The molecule has 1 fully saturated rings. The van der Waals surface area contributed by atoms with E-state index in [0.717, 1.165) is 11.1 Å². The lowest BCUT2D eigenvalue weighted by Crippen LogP contribution is -2.57. The van der Waals surface area contributed by atoms with Gasteiger partial charge in [-0.1, -0.05) is 38.4 Å². The first-order chi connectivity index (χ1) is 17.3. The Hall–Kier alpha value is -3.50. The van der Waals surface area contributed by atoms with Crippen molar-refractivity contribution in [3.05, 3.63) is 52.8 Å². The quantitative estimate of drug-likeness (QED) is 0.321. The van der Waals surface area contributed by atoms with Gasteiger partial charge in [0.05, 0.1) is 11.3 Å². The normalized spacial score (nSPS) is 15.9. The lowest BCUT2D eigenvalue weighted by Gasteiger charge is -2.40. The summed E-state index contributed by atoms with van der Waals surface area (Å²) in [5.41, 5.74) is 5.86. The lowest BCUT2D eigenvalue weighted by atomic mass is 9.91. The van der Waals surface area contributed by atoms with E-state index < -0.39 is 23.7 Å². The van der Waals surface area contributed by atoms with E-state index in [1.807, 2.05) is 20.8 Å². The number of amides is 3. The Balaban J connectivity index is 1.98. The van der Waals surface area contributed by atoms with Gasteiger partial charge >= 0.3 is 0 Å². The Kier molecular flexibility index (Phi) is 8.55. The highest BCUT2D eigenvalue weighted by Crippen LogP contribution is 2.31. The Morgan fingerprint density at radius 1 is 1.16 bits per heavy atom. The Bertz CT molecular complexity index is 1220. The standard InChI is InChI=1S/C26H31ClFN5O4/c1-26(2,3)12-24(36)31-8-9-32(18(13-31)15-34)25(37)20-10-16(19-6-5-17(27)11-21(19)28)4-7-22(20)33(30)14-23(29)35/h4-7,10-11,15,18H,8-9,12-14,30H2,1-3H3,(H2,29,35). The van der Waals surface area contributed by atoms with Crippen LogP contribution in [0.4, 0.5) is 10.1 Å². The molecule has 0 aromatic heterocycles. The molecule has 11 heteroatoms. The topological polar surface area (TPSA) is 130 Å². The van der Waals surface area contributed by atoms with Gasteiger partial charge in [0.2, 0.25) is 11.8 Å². The molecule has 2 aromatic carbocycles. The molecule has 1 atom stereocenters. The molecule has 3 amide bonds. The molecule has 2 aromatic rings. The van der Waals surface area contributed by atoms with Gasteiger partial charge in [-0.05, 0) is 41.3 Å². The van der Waals surface area contributed by atoms with Crippen molar-refractivity contribution in [2.45, 2.75) is 33.2 Å². The van der Waals surface area contributed by atoms with Gasteiger partial charge in [0.25, 0.3) is 5.91 Å². The van der Waals surface area contributed by atoms with Gasteiger partial charge in [-0.3, -0.25) is 14.4 Å². The minimum atomic E-state index is -0.892. The molecule has 1 saturated heterocycles. The van der Waals surface area contributed by atoms with Crippen molar-refractivity contribution in [2.75, 3.05) is 31.2 Å². The van der Waals surface area contributed by atoms with Crippen molar-refractivity contribution in [1.29, 1.82) is 0 Å². The summed E-state index contributed by atoms with van der Waals surface area (Å²) < 4.78 is 14.6. The first-order valence-corrected chi connectivity index (χ1v) is 12.1. The van der Waals surface area contributed by atoms with Crippen LogP contribution in [0.5, 0.6) is 0 Å². The molecule has 1 heterocycles. The van der Waals surface area contributed by atoms with Crippen LogP contribution in [-0.2, 0) is 14.4 Å². The number of carbonyl (C=O) groups excluding carboxylic acids is 4. The molecular weight excluding hydrogens is 501 g/mol. The fourth-order valence-corrected chi connectivity index (χ4v) is 4.39. The largest absolute Gasteiger partial charge is 0.368 e. The number of primary amides is 1. The summed E-state index contributed by atoms with van der Waals surface area (Å²) in [4.78, 5) is 52.9. The molecule has 198 valence electrons. The SMILES string of the molecule is CC(C)(C)CC(=O)N1CCN(C(=O)c2cc(-c3ccc(Cl)cc3F)ccc2N(N)CC(N)=O)C(C=O)C1. The van der Waals surface area contributed by atoms with Crippen LogP contribution in [0.25, 0.3) is 11.1 Å². The molecule has 0 spiro atoms. The molecule has 0 radical (unpaired) electrons. The summed E-state index contributed by atoms with van der Waals surface area (Å²) in [6, 6.07) is 7.76. The van der Waals surface area contributed by atoms with Crippen molar-refractivity contribution < 1.29 is 23.6 Å². The molecule has 9 nitrogen and oxygen atoms in total. The maximum Gasteiger partial charge on any atom is 0.256 e. The Morgan fingerprint density at radius 3 is 2.46 bits per heavy atom. The van der Waals surface area contributed by atoms with Gasteiger partial charge in [-0.25, -0.2) is 10.2 Å². The number of carbonyl (C=O) groups is 4. The van der Waals surface area contributed by atoms with Gasteiger partial charge < -0.3 is 25.3 Å². The maximum absolute atomic E-state index is 14.6. The van der Waals surface area contributed by atoms with Crippen molar-refractivity contribution >= 4 is 41.3 Å². The average Bonchev–Trinajstić information content (AvgIpc) is 2.81. The highest BCUT2D eigenvalue weighted by molar-refractivity contribution is 6.30. The second kappa shape index (κ2) is 11.3. The predicted octanol–water partition coefficient (Wildman–Crippen LogP) is 2.60. The smallest absolute Gasteiger partial charge is 0.256 e. The Labute approximate surface area is 220 Å². The minimum absolute atomic E-state index is 0.0527.